The van der Waals surface area contributed by atoms with E-state index < -0.39 is 11.2 Å². The number of aromatic nitrogens is 2. The first kappa shape index (κ1) is 21.6. The van der Waals surface area contributed by atoms with Crippen LogP contribution in [0, 0.1) is 13.8 Å². The number of carbonyl (C=O) groups excluding carboxylic acids is 2. The molecule has 6 nitrogen and oxygen atoms in total. The average molecular weight is 490 g/mol. The van der Waals surface area contributed by atoms with Crippen molar-refractivity contribution in [3.63, 3.8) is 0 Å². The maximum Gasteiger partial charge on any atom is 0.244 e. The Morgan fingerprint density at radius 3 is 2.50 bits per heavy atom. The molecule has 0 saturated heterocycles. The molecule has 0 spiro atoms. The third-order valence-corrected chi connectivity index (χ3v) is 5.56. The Bertz CT molecular complexity index is 1410. The van der Waals surface area contributed by atoms with Crippen molar-refractivity contribution >= 4 is 44.3 Å². The van der Waals surface area contributed by atoms with Gasteiger partial charge in [0, 0.05) is 27.6 Å². The Balaban J connectivity index is 1.76. The van der Waals surface area contributed by atoms with Crippen molar-refractivity contribution in [2.75, 3.05) is 5.32 Å². The van der Waals surface area contributed by atoms with Gasteiger partial charge in [-0.1, -0.05) is 28.1 Å². The fraction of sp³-hybridized carbons (Fsp3) is 0.120. The van der Waals surface area contributed by atoms with Crippen molar-refractivity contribution < 1.29 is 9.59 Å². The standard InChI is InChI=1S/C25H20BrN3O3/c1-15-4-3-5-19(12-15)28-22(30)14-29-13-21(23(31)17-7-9-18(26)10-8-17)24(32)20-11-6-16(2)27-25(20)29/h3-13H,14H2,1-2H3,(H,28,30). The Morgan fingerprint density at radius 2 is 1.78 bits per heavy atom. The first-order valence-electron chi connectivity index (χ1n) is 9.99. The molecule has 0 aliphatic carbocycles. The number of hydrogen-bond acceptors (Lipinski definition) is 4. The zero-order valence-electron chi connectivity index (χ0n) is 17.6. The van der Waals surface area contributed by atoms with E-state index in [4.69, 9.17) is 0 Å². The molecule has 2 heterocycles. The normalized spacial score (nSPS) is 10.8. The van der Waals surface area contributed by atoms with E-state index in [0.29, 0.717) is 28.0 Å². The molecule has 2 aromatic heterocycles. The SMILES string of the molecule is Cc1cccc(NC(=O)Cn2cc(C(=O)c3ccc(Br)cc3)c(=O)c3ccc(C)nc32)c1. The Morgan fingerprint density at radius 1 is 1.03 bits per heavy atom. The summed E-state index contributed by atoms with van der Waals surface area (Å²) in [5.74, 6) is -0.691. The highest BCUT2D eigenvalue weighted by atomic mass is 79.9. The van der Waals surface area contributed by atoms with E-state index in [2.05, 4.69) is 26.2 Å². The van der Waals surface area contributed by atoms with Crippen LogP contribution in [0.25, 0.3) is 11.0 Å². The number of benzene rings is 2. The summed E-state index contributed by atoms with van der Waals surface area (Å²) in [4.78, 5) is 43.4. The number of fused-ring (bicyclic) bond motifs is 1. The summed E-state index contributed by atoms with van der Waals surface area (Å²) in [6.07, 6.45) is 1.43. The van der Waals surface area contributed by atoms with Crippen molar-refractivity contribution in [3.8, 4) is 0 Å². The zero-order chi connectivity index (χ0) is 22.8. The number of carbonyl (C=O) groups is 2. The van der Waals surface area contributed by atoms with Crippen molar-refractivity contribution in [1.82, 2.24) is 9.55 Å². The summed E-state index contributed by atoms with van der Waals surface area (Å²) in [5.41, 5.74) is 2.75. The Hall–Kier alpha value is -3.58. The first-order valence-corrected chi connectivity index (χ1v) is 10.8. The van der Waals surface area contributed by atoms with Gasteiger partial charge in [-0.15, -0.1) is 0 Å². The number of aryl methyl sites for hydroxylation is 2. The molecule has 0 atom stereocenters. The summed E-state index contributed by atoms with van der Waals surface area (Å²) >= 11 is 3.35. The minimum absolute atomic E-state index is 0.00571. The predicted molar refractivity (Wildman–Crippen MR) is 128 cm³/mol. The van der Waals surface area contributed by atoms with E-state index >= 15 is 0 Å². The summed E-state index contributed by atoms with van der Waals surface area (Å²) < 4.78 is 2.39. The topological polar surface area (TPSA) is 81.1 Å². The van der Waals surface area contributed by atoms with Crippen LogP contribution in [-0.4, -0.2) is 21.2 Å². The fourth-order valence-electron chi connectivity index (χ4n) is 3.48. The molecule has 4 rings (SSSR count). The van der Waals surface area contributed by atoms with Gasteiger partial charge >= 0.3 is 0 Å². The summed E-state index contributed by atoms with van der Waals surface area (Å²) in [5, 5.41) is 3.15. The van der Waals surface area contributed by atoms with Crippen LogP contribution in [0.2, 0.25) is 0 Å². The number of nitrogens with one attached hydrogen (secondary N) is 1. The number of anilines is 1. The molecular formula is C25H20BrN3O3. The van der Waals surface area contributed by atoms with Crippen molar-refractivity contribution in [3.05, 3.63) is 104 Å². The summed E-state index contributed by atoms with van der Waals surface area (Å²) in [6.45, 7) is 3.65. The van der Waals surface area contributed by atoms with Crippen LogP contribution < -0.4 is 10.7 Å². The quantitative estimate of drug-likeness (QED) is 0.413. The molecule has 0 saturated carbocycles. The van der Waals surface area contributed by atoms with Gasteiger partial charge in [-0.3, -0.25) is 14.4 Å². The minimum atomic E-state index is -0.407. The lowest BCUT2D eigenvalue weighted by atomic mass is 10.0. The summed E-state index contributed by atoms with van der Waals surface area (Å²) in [6, 6.07) is 17.6. The fourth-order valence-corrected chi connectivity index (χ4v) is 3.74. The summed E-state index contributed by atoms with van der Waals surface area (Å²) in [7, 11) is 0. The number of hydrogen-bond donors (Lipinski definition) is 1. The second-order valence-electron chi connectivity index (χ2n) is 7.58. The monoisotopic (exact) mass is 489 g/mol. The molecule has 0 unspecified atom stereocenters. The lowest BCUT2D eigenvalue weighted by Gasteiger charge is -2.13. The molecule has 1 N–H and O–H groups in total. The van der Waals surface area contributed by atoms with Crippen LogP contribution in [0.5, 0.6) is 0 Å². The maximum atomic E-state index is 13.1. The Labute approximate surface area is 193 Å². The second-order valence-corrected chi connectivity index (χ2v) is 8.49. The molecule has 32 heavy (non-hydrogen) atoms. The average Bonchev–Trinajstić information content (AvgIpc) is 2.75. The van der Waals surface area contributed by atoms with Crippen molar-refractivity contribution in [1.29, 1.82) is 0 Å². The molecule has 0 aliphatic heterocycles. The molecule has 7 heteroatoms. The van der Waals surface area contributed by atoms with E-state index in [9.17, 15) is 14.4 Å². The van der Waals surface area contributed by atoms with E-state index in [-0.39, 0.29) is 18.0 Å². The lowest BCUT2D eigenvalue weighted by molar-refractivity contribution is -0.116. The maximum absolute atomic E-state index is 13.1. The van der Waals surface area contributed by atoms with E-state index in [0.717, 1.165) is 10.0 Å². The molecular weight excluding hydrogens is 470 g/mol. The molecule has 2 aromatic carbocycles. The van der Waals surface area contributed by atoms with E-state index in [1.165, 1.54) is 6.20 Å². The zero-order valence-corrected chi connectivity index (χ0v) is 19.1. The molecule has 0 bridgehead atoms. The molecule has 0 aliphatic rings. The van der Waals surface area contributed by atoms with Crippen molar-refractivity contribution in [2.24, 2.45) is 0 Å². The Kier molecular flexibility index (Phi) is 6.01. The number of rotatable bonds is 5. The van der Waals surface area contributed by atoms with Crippen LogP contribution in [-0.2, 0) is 11.3 Å². The molecule has 1 amide bonds. The number of halogens is 1. The molecule has 160 valence electrons. The van der Waals surface area contributed by atoms with Gasteiger partial charge in [-0.25, -0.2) is 4.98 Å². The van der Waals surface area contributed by atoms with Gasteiger partial charge in [-0.2, -0.15) is 0 Å². The highest BCUT2D eigenvalue weighted by Gasteiger charge is 2.19. The lowest BCUT2D eigenvalue weighted by Crippen LogP contribution is -2.25. The number of nitrogens with zero attached hydrogens (tertiary/aromatic N) is 2. The third kappa shape index (κ3) is 4.53. The largest absolute Gasteiger partial charge is 0.325 e. The van der Waals surface area contributed by atoms with Crippen LogP contribution >= 0.6 is 15.9 Å². The van der Waals surface area contributed by atoms with Crippen LogP contribution in [0.3, 0.4) is 0 Å². The molecule has 4 aromatic rings. The molecule has 0 radical (unpaired) electrons. The predicted octanol–water partition coefficient (Wildman–Crippen LogP) is 4.65. The van der Waals surface area contributed by atoms with E-state index in [1.54, 1.807) is 47.0 Å². The number of pyridine rings is 2. The van der Waals surface area contributed by atoms with Crippen LogP contribution in [0.1, 0.15) is 27.2 Å². The third-order valence-electron chi connectivity index (χ3n) is 5.03. The highest BCUT2D eigenvalue weighted by molar-refractivity contribution is 9.10. The van der Waals surface area contributed by atoms with E-state index in [1.807, 2.05) is 32.0 Å². The van der Waals surface area contributed by atoms with Gasteiger partial charge in [0.1, 0.15) is 12.2 Å². The highest BCUT2D eigenvalue weighted by Crippen LogP contribution is 2.17. The van der Waals surface area contributed by atoms with Gasteiger partial charge in [0.15, 0.2) is 5.78 Å². The number of amides is 1. The smallest absolute Gasteiger partial charge is 0.244 e. The molecule has 0 fully saturated rings. The van der Waals surface area contributed by atoms with Crippen molar-refractivity contribution in [2.45, 2.75) is 20.4 Å². The minimum Gasteiger partial charge on any atom is -0.325 e. The van der Waals surface area contributed by atoms with Gasteiger partial charge in [0.05, 0.1) is 10.9 Å². The first-order chi connectivity index (χ1) is 15.3. The van der Waals surface area contributed by atoms with Gasteiger partial charge in [0.25, 0.3) is 0 Å². The second kappa shape index (κ2) is 8.88. The van der Waals surface area contributed by atoms with Gasteiger partial charge in [0.2, 0.25) is 11.3 Å². The van der Waals surface area contributed by atoms with Crippen LogP contribution in [0.4, 0.5) is 5.69 Å². The van der Waals surface area contributed by atoms with Gasteiger partial charge < -0.3 is 9.88 Å². The van der Waals surface area contributed by atoms with Gasteiger partial charge in [-0.05, 0) is 67.9 Å². The van der Waals surface area contributed by atoms with Crippen LogP contribution in [0.15, 0.2) is 76.1 Å². The number of ketones is 1.